The van der Waals surface area contributed by atoms with Crippen LogP contribution in [0.2, 0.25) is 0 Å². The van der Waals surface area contributed by atoms with Crippen LogP contribution >= 0.6 is 0 Å². The van der Waals surface area contributed by atoms with Crippen molar-refractivity contribution in [3.63, 3.8) is 0 Å². The lowest BCUT2D eigenvalue weighted by atomic mass is 9.74. The lowest BCUT2D eigenvalue weighted by Crippen LogP contribution is -2.24. The van der Waals surface area contributed by atoms with Gasteiger partial charge in [0.1, 0.15) is 0 Å². The zero-order chi connectivity index (χ0) is 17.8. The highest BCUT2D eigenvalue weighted by molar-refractivity contribution is 6.12. The molecule has 0 fully saturated rings. The average Bonchev–Trinajstić information content (AvgIpc) is 2.40. The van der Waals surface area contributed by atoms with E-state index in [0.717, 1.165) is 5.57 Å². The van der Waals surface area contributed by atoms with Crippen molar-refractivity contribution in [3.8, 4) is 0 Å². The van der Waals surface area contributed by atoms with Gasteiger partial charge in [0.2, 0.25) is 0 Å². The molecule has 1 aromatic carbocycles. The zero-order valence-electron chi connectivity index (χ0n) is 15.7. The summed E-state index contributed by atoms with van der Waals surface area (Å²) in [6, 6.07) is 10.3. The zero-order valence-corrected chi connectivity index (χ0v) is 15.7. The van der Waals surface area contributed by atoms with E-state index < -0.39 is 0 Å². The summed E-state index contributed by atoms with van der Waals surface area (Å²) < 4.78 is 0. The summed E-state index contributed by atoms with van der Waals surface area (Å²) in [5.41, 5.74) is 3.91. The van der Waals surface area contributed by atoms with Crippen LogP contribution in [0.25, 0.3) is 0 Å². The summed E-state index contributed by atoms with van der Waals surface area (Å²) in [4.78, 5) is 12.0. The van der Waals surface area contributed by atoms with E-state index in [1.54, 1.807) is 0 Å². The first-order valence-corrected chi connectivity index (χ1v) is 8.12. The van der Waals surface area contributed by atoms with Crippen LogP contribution in [-0.4, -0.2) is 5.78 Å². The summed E-state index contributed by atoms with van der Waals surface area (Å²) in [7, 11) is 0. The van der Waals surface area contributed by atoms with Crippen molar-refractivity contribution >= 4 is 5.78 Å². The van der Waals surface area contributed by atoms with Crippen LogP contribution in [0.4, 0.5) is 0 Å². The molecule has 0 aromatic heterocycles. The van der Waals surface area contributed by atoms with Crippen molar-refractivity contribution in [2.75, 3.05) is 0 Å². The molecule has 0 saturated carbocycles. The van der Waals surface area contributed by atoms with Crippen LogP contribution < -0.4 is 0 Å². The highest BCUT2D eigenvalue weighted by atomic mass is 16.1. The normalized spacial score (nSPS) is 15.4. The Bertz CT molecular complexity index is 629. The van der Waals surface area contributed by atoms with E-state index in [1.807, 2.05) is 30.4 Å². The molecule has 23 heavy (non-hydrogen) atoms. The number of hydrogen-bond donors (Lipinski definition) is 0. The number of Topliss-reactive ketones (excluding diaryl/α,β-unsaturated/α-hetero) is 1. The number of benzene rings is 1. The van der Waals surface area contributed by atoms with Crippen molar-refractivity contribution in [1.82, 2.24) is 0 Å². The van der Waals surface area contributed by atoms with Gasteiger partial charge in [-0.2, -0.15) is 0 Å². The molecule has 1 aliphatic carbocycles. The van der Waals surface area contributed by atoms with E-state index in [1.165, 1.54) is 11.1 Å². The van der Waals surface area contributed by atoms with Gasteiger partial charge >= 0.3 is 0 Å². The van der Waals surface area contributed by atoms with Gasteiger partial charge in [-0.3, -0.25) is 4.79 Å². The van der Waals surface area contributed by atoms with Gasteiger partial charge in [0.15, 0.2) is 5.78 Å². The fourth-order valence-corrected chi connectivity index (χ4v) is 2.21. The Labute approximate surface area is 141 Å². The first kappa shape index (κ1) is 19.2. The molecule has 0 aliphatic heterocycles. The van der Waals surface area contributed by atoms with Crippen molar-refractivity contribution in [3.05, 3.63) is 71.3 Å². The molecule has 0 radical (unpaired) electrons. The van der Waals surface area contributed by atoms with E-state index in [0.29, 0.717) is 5.57 Å². The number of allylic oxidation sites excluding steroid dienone is 5. The predicted octanol–water partition coefficient (Wildman–Crippen LogP) is 6.07. The lowest BCUT2D eigenvalue weighted by Gasteiger charge is -2.30. The van der Waals surface area contributed by atoms with E-state index in [4.69, 9.17) is 0 Å². The van der Waals surface area contributed by atoms with Crippen LogP contribution in [-0.2, 0) is 4.79 Å². The summed E-state index contributed by atoms with van der Waals surface area (Å²) in [6.07, 6.45) is 3.95. The Morgan fingerprint density at radius 3 is 1.70 bits per heavy atom. The van der Waals surface area contributed by atoms with Crippen LogP contribution in [0, 0.1) is 17.8 Å². The largest absolute Gasteiger partial charge is 0.289 e. The minimum atomic E-state index is -0.120. The molecular weight excluding hydrogens is 280 g/mol. The molecule has 0 amide bonds. The van der Waals surface area contributed by atoms with Gasteiger partial charge in [-0.1, -0.05) is 90.1 Å². The molecule has 1 nitrogen and oxygen atoms in total. The smallest absolute Gasteiger partial charge is 0.188 e. The van der Waals surface area contributed by atoms with Crippen molar-refractivity contribution in [2.24, 2.45) is 10.8 Å². The third kappa shape index (κ3) is 5.67. The van der Waals surface area contributed by atoms with Crippen molar-refractivity contribution in [1.29, 1.82) is 0 Å². The highest BCUT2D eigenvalue weighted by Crippen LogP contribution is 2.37. The summed E-state index contributed by atoms with van der Waals surface area (Å²) in [6.45, 7) is 18.6. The molecule has 0 saturated heterocycles. The maximum atomic E-state index is 12.0. The third-order valence-electron chi connectivity index (χ3n) is 3.78. The van der Waals surface area contributed by atoms with Gasteiger partial charge in [0.25, 0.3) is 0 Å². The van der Waals surface area contributed by atoms with Crippen molar-refractivity contribution in [2.45, 2.75) is 48.5 Å². The monoisotopic (exact) mass is 310 g/mol. The highest BCUT2D eigenvalue weighted by Gasteiger charge is 2.30. The van der Waals surface area contributed by atoms with E-state index >= 15 is 0 Å². The average molecular weight is 310 g/mol. The molecule has 0 N–H and O–H groups in total. The minimum Gasteiger partial charge on any atom is -0.289 e. The van der Waals surface area contributed by atoms with Gasteiger partial charge in [-0.05, 0) is 29.4 Å². The SMILES string of the molecule is C=C1C=C(C(C)(C)C)C=C(C(C)(C)C)C1=O.Cc1ccccc1. The molecule has 1 heteroatoms. The number of carbonyl (C=O) groups is 1. The molecule has 0 atom stereocenters. The van der Waals surface area contributed by atoms with Gasteiger partial charge in [-0.15, -0.1) is 0 Å². The Kier molecular flexibility index (Phi) is 5.93. The second-order valence-corrected chi connectivity index (χ2v) is 8.17. The van der Waals surface area contributed by atoms with Gasteiger partial charge in [0, 0.05) is 11.1 Å². The summed E-state index contributed by atoms with van der Waals surface area (Å²) >= 11 is 0. The summed E-state index contributed by atoms with van der Waals surface area (Å²) in [5.74, 6) is 0.0838. The molecular formula is C22H30O. The van der Waals surface area contributed by atoms with Crippen LogP contribution in [0.3, 0.4) is 0 Å². The molecule has 0 heterocycles. The fraction of sp³-hybridized carbons (Fsp3) is 0.409. The molecule has 1 aliphatic rings. The molecule has 0 spiro atoms. The Morgan fingerprint density at radius 2 is 1.35 bits per heavy atom. The topological polar surface area (TPSA) is 17.1 Å². The number of aryl methyl sites for hydroxylation is 1. The fourth-order valence-electron chi connectivity index (χ4n) is 2.21. The minimum absolute atomic E-state index is 0.0557. The summed E-state index contributed by atoms with van der Waals surface area (Å²) in [5, 5.41) is 0. The molecule has 1 aromatic rings. The Hall–Kier alpha value is -1.89. The molecule has 0 unspecified atom stereocenters. The van der Waals surface area contributed by atoms with Gasteiger partial charge in [0.05, 0.1) is 0 Å². The Balaban J connectivity index is 0.000000313. The van der Waals surface area contributed by atoms with Gasteiger partial charge in [-0.25, -0.2) is 0 Å². The molecule has 124 valence electrons. The lowest BCUT2D eigenvalue weighted by molar-refractivity contribution is -0.112. The Morgan fingerprint density at radius 1 is 0.826 bits per heavy atom. The predicted molar refractivity (Wildman–Crippen MR) is 100 cm³/mol. The van der Waals surface area contributed by atoms with Crippen LogP contribution in [0.1, 0.15) is 47.1 Å². The molecule has 2 rings (SSSR count). The second-order valence-electron chi connectivity index (χ2n) is 8.17. The maximum Gasteiger partial charge on any atom is 0.188 e. The van der Waals surface area contributed by atoms with E-state index in [2.05, 4.69) is 67.2 Å². The van der Waals surface area contributed by atoms with E-state index in [9.17, 15) is 4.79 Å². The third-order valence-corrected chi connectivity index (χ3v) is 3.78. The number of carbonyl (C=O) groups excluding carboxylic acids is 1. The van der Waals surface area contributed by atoms with Crippen molar-refractivity contribution < 1.29 is 4.79 Å². The standard InChI is InChI=1S/C15H22O.C7H8/c1-10-8-11(14(2,3)4)9-12(13(10)16)15(5,6)7;1-7-5-3-2-4-6-7/h8-9H,1H2,2-7H3;2-6H,1H3. The van der Waals surface area contributed by atoms with Gasteiger partial charge < -0.3 is 0 Å². The number of ketones is 1. The first-order valence-electron chi connectivity index (χ1n) is 8.12. The number of hydrogen-bond acceptors (Lipinski definition) is 1. The van der Waals surface area contributed by atoms with Crippen LogP contribution in [0.5, 0.6) is 0 Å². The first-order chi connectivity index (χ1) is 10.4. The van der Waals surface area contributed by atoms with E-state index in [-0.39, 0.29) is 16.6 Å². The quantitative estimate of drug-likeness (QED) is 0.532. The maximum absolute atomic E-state index is 12.0. The second kappa shape index (κ2) is 7.12. The van der Waals surface area contributed by atoms with Crippen LogP contribution in [0.15, 0.2) is 65.8 Å². The molecule has 0 bridgehead atoms. The number of rotatable bonds is 0.